The molecule has 0 radical (unpaired) electrons. The number of fused-ring (bicyclic) bond motifs is 1. The maximum Gasteiger partial charge on any atom is 0.239 e. The van der Waals surface area contributed by atoms with Gasteiger partial charge >= 0.3 is 0 Å². The number of rotatable bonds is 4. The molecule has 0 bridgehead atoms. The van der Waals surface area contributed by atoms with E-state index in [1.165, 1.54) is 0 Å². The lowest BCUT2D eigenvalue weighted by molar-refractivity contribution is -0.131. The Kier molecular flexibility index (Phi) is 3.97. The first kappa shape index (κ1) is 14.1. The third kappa shape index (κ3) is 2.81. The SMILES string of the molecule is CCC1CCN(C(=O)[C@@H](N)Cc2c[nH]c3ccccc23)C1. The van der Waals surface area contributed by atoms with Crippen molar-refractivity contribution < 1.29 is 4.79 Å². The second-order valence-corrected chi connectivity index (χ2v) is 6.02. The zero-order valence-corrected chi connectivity index (χ0v) is 12.5. The van der Waals surface area contributed by atoms with Crippen molar-refractivity contribution in [1.29, 1.82) is 0 Å². The van der Waals surface area contributed by atoms with Crippen LogP contribution in [0, 0.1) is 5.92 Å². The predicted molar refractivity (Wildman–Crippen MR) is 85.0 cm³/mol. The number of likely N-dealkylation sites (tertiary alicyclic amines) is 1. The van der Waals surface area contributed by atoms with Crippen molar-refractivity contribution in [3.63, 3.8) is 0 Å². The van der Waals surface area contributed by atoms with Crippen molar-refractivity contribution in [2.75, 3.05) is 13.1 Å². The lowest BCUT2D eigenvalue weighted by atomic mass is 10.0. The molecule has 4 heteroatoms. The van der Waals surface area contributed by atoms with E-state index in [1.807, 2.05) is 29.3 Å². The highest BCUT2D eigenvalue weighted by Gasteiger charge is 2.28. The summed E-state index contributed by atoms with van der Waals surface area (Å²) in [6.45, 7) is 3.92. The minimum absolute atomic E-state index is 0.0937. The molecule has 1 aromatic carbocycles. The van der Waals surface area contributed by atoms with E-state index >= 15 is 0 Å². The third-order valence-corrected chi connectivity index (χ3v) is 4.61. The average molecular weight is 285 g/mol. The van der Waals surface area contributed by atoms with Gasteiger partial charge in [-0.2, -0.15) is 0 Å². The molecule has 1 aliphatic heterocycles. The number of para-hydroxylation sites is 1. The van der Waals surface area contributed by atoms with Crippen LogP contribution in [-0.4, -0.2) is 34.9 Å². The van der Waals surface area contributed by atoms with Gasteiger partial charge in [0.25, 0.3) is 0 Å². The minimum atomic E-state index is -0.445. The van der Waals surface area contributed by atoms with Crippen molar-refractivity contribution in [1.82, 2.24) is 9.88 Å². The van der Waals surface area contributed by atoms with Crippen LogP contribution in [0.4, 0.5) is 0 Å². The number of nitrogens with one attached hydrogen (secondary N) is 1. The maximum absolute atomic E-state index is 12.5. The fourth-order valence-corrected chi connectivity index (χ4v) is 3.23. The van der Waals surface area contributed by atoms with Crippen molar-refractivity contribution in [2.45, 2.75) is 32.2 Å². The summed E-state index contributed by atoms with van der Waals surface area (Å²) in [4.78, 5) is 17.6. The number of carbonyl (C=O) groups is 1. The monoisotopic (exact) mass is 285 g/mol. The smallest absolute Gasteiger partial charge is 0.239 e. The van der Waals surface area contributed by atoms with Gasteiger partial charge in [-0.3, -0.25) is 4.79 Å². The summed E-state index contributed by atoms with van der Waals surface area (Å²) in [5.74, 6) is 0.741. The van der Waals surface area contributed by atoms with E-state index in [4.69, 9.17) is 5.73 Å². The van der Waals surface area contributed by atoms with Crippen LogP contribution in [0.3, 0.4) is 0 Å². The van der Waals surface area contributed by atoms with Crippen LogP contribution in [0.5, 0.6) is 0 Å². The van der Waals surface area contributed by atoms with Gasteiger partial charge < -0.3 is 15.6 Å². The number of benzene rings is 1. The second kappa shape index (κ2) is 5.90. The van der Waals surface area contributed by atoms with E-state index in [9.17, 15) is 4.79 Å². The minimum Gasteiger partial charge on any atom is -0.361 e. The highest BCUT2D eigenvalue weighted by molar-refractivity contribution is 5.86. The van der Waals surface area contributed by atoms with Crippen LogP contribution in [0.15, 0.2) is 30.5 Å². The van der Waals surface area contributed by atoms with Gasteiger partial charge in [0.05, 0.1) is 6.04 Å². The molecule has 1 aliphatic rings. The quantitative estimate of drug-likeness (QED) is 0.905. The van der Waals surface area contributed by atoms with Crippen LogP contribution >= 0.6 is 0 Å². The van der Waals surface area contributed by atoms with Crippen molar-refractivity contribution >= 4 is 16.8 Å². The van der Waals surface area contributed by atoms with Gasteiger partial charge in [-0.05, 0) is 30.4 Å². The first-order valence-electron chi connectivity index (χ1n) is 7.78. The topological polar surface area (TPSA) is 62.1 Å². The van der Waals surface area contributed by atoms with Gasteiger partial charge in [-0.15, -0.1) is 0 Å². The van der Waals surface area contributed by atoms with Crippen molar-refractivity contribution in [3.05, 3.63) is 36.0 Å². The molecular weight excluding hydrogens is 262 g/mol. The molecule has 1 unspecified atom stereocenters. The molecule has 1 saturated heterocycles. The fraction of sp³-hybridized carbons (Fsp3) is 0.471. The lowest BCUT2D eigenvalue weighted by Crippen LogP contribution is -2.43. The van der Waals surface area contributed by atoms with E-state index in [-0.39, 0.29) is 5.91 Å². The van der Waals surface area contributed by atoms with Crippen LogP contribution in [0.25, 0.3) is 10.9 Å². The molecule has 0 spiro atoms. The molecule has 1 amide bonds. The molecule has 1 aromatic heterocycles. The number of nitrogens with two attached hydrogens (primary N) is 1. The van der Waals surface area contributed by atoms with E-state index in [1.54, 1.807) is 0 Å². The Morgan fingerprint density at radius 3 is 3.05 bits per heavy atom. The van der Waals surface area contributed by atoms with Gasteiger partial charge in [0.2, 0.25) is 5.91 Å². The molecule has 3 N–H and O–H groups in total. The van der Waals surface area contributed by atoms with Gasteiger partial charge in [0.15, 0.2) is 0 Å². The fourth-order valence-electron chi connectivity index (χ4n) is 3.23. The molecule has 1 fully saturated rings. The highest BCUT2D eigenvalue weighted by atomic mass is 16.2. The van der Waals surface area contributed by atoms with Gasteiger partial charge in [-0.25, -0.2) is 0 Å². The van der Waals surface area contributed by atoms with Crippen LogP contribution in [-0.2, 0) is 11.2 Å². The Hall–Kier alpha value is -1.81. The second-order valence-electron chi connectivity index (χ2n) is 6.02. The van der Waals surface area contributed by atoms with E-state index in [2.05, 4.69) is 18.0 Å². The number of nitrogens with zero attached hydrogens (tertiary/aromatic N) is 1. The largest absolute Gasteiger partial charge is 0.361 e. The lowest BCUT2D eigenvalue weighted by Gasteiger charge is -2.20. The average Bonchev–Trinajstić information content (AvgIpc) is 3.14. The zero-order valence-electron chi connectivity index (χ0n) is 12.5. The van der Waals surface area contributed by atoms with Gasteiger partial charge in [-0.1, -0.05) is 31.5 Å². The number of amides is 1. The Morgan fingerprint density at radius 2 is 2.29 bits per heavy atom. The number of aromatic amines is 1. The van der Waals surface area contributed by atoms with Crippen molar-refractivity contribution in [3.8, 4) is 0 Å². The Bertz CT molecular complexity index is 634. The van der Waals surface area contributed by atoms with Gasteiger partial charge in [0, 0.05) is 30.2 Å². The summed E-state index contributed by atoms with van der Waals surface area (Å²) in [5, 5.41) is 1.16. The Morgan fingerprint density at radius 1 is 1.48 bits per heavy atom. The summed E-state index contributed by atoms with van der Waals surface area (Å²) in [6, 6.07) is 7.68. The molecule has 0 saturated carbocycles. The van der Waals surface area contributed by atoms with Crippen LogP contribution in [0.1, 0.15) is 25.3 Å². The molecule has 2 heterocycles. The first-order chi connectivity index (χ1) is 10.2. The molecular formula is C17H23N3O. The number of hydrogen-bond acceptors (Lipinski definition) is 2. The summed E-state index contributed by atoms with van der Waals surface area (Å²) in [7, 11) is 0. The number of aromatic nitrogens is 1. The normalized spacial score (nSPS) is 20.1. The molecule has 2 aromatic rings. The molecule has 3 rings (SSSR count). The number of hydrogen-bond donors (Lipinski definition) is 2. The molecule has 4 nitrogen and oxygen atoms in total. The number of carbonyl (C=O) groups excluding carboxylic acids is 1. The molecule has 0 aliphatic carbocycles. The first-order valence-corrected chi connectivity index (χ1v) is 7.78. The Balaban J connectivity index is 1.68. The predicted octanol–water partition coefficient (Wildman–Crippen LogP) is 2.30. The summed E-state index contributed by atoms with van der Waals surface area (Å²) < 4.78 is 0. The molecule has 2 atom stereocenters. The highest BCUT2D eigenvalue weighted by Crippen LogP contribution is 2.22. The van der Waals surface area contributed by atoms with E-state index < -0.39 is 6.04 Å². The molecule has 112 valence electrons. The van der Waals surface area contributed by atoms with Crippen molar-refractivity contribution in [2.24, 2.45) is 11.7 Å². The standard InChI is InChI=1S/C17H23N3O/c1-2-12-7-8-20(11-12)17(21)15(18)9-13-10-19-16-6-4-3-5-14(13)16/h3-6,10,12,15,19H,2,7-9,11,18H2,1H3/t12?,15-/m0/s1. The Labute approximate surface area is 125 Å². The van der Waals surface area contributed by atoms with E-state index in [0.717, 1.165) is 42.4 Å². The third-order valence-electron chi connectivity index (χ3n) is 4.61. The van der Waals surface area contributed by atoms with Gasteiger partial charge in [0.1, 0.15) is 0 Å². The summed E-state index contributed by atoms with van der Waals surface area (Å²) >= 11 is 0. The van der Waals surface area contributed by atoms with Crippen LogP contribution < -0.4 is 5.73 Å². The summed E-state index contributed by atoms with van der Waals surface area (Å²) in [6.07, 6.45) is 4.82. The maximum atomic E-state index is 12.5. The summed E-state index contributed by atoms with van der Waals surface area (Å²) in [5.41, 5.74) is 8.38. The number of H-pyrrole nitrogens is 1. The van der Waals surface area contributed by atoms with Crippen LogP contribution in [0.2, 0.25) is 0 Å². The molecule has 21 heavy (non-hydrogen) atoms. The zero-order chi connectivity index (χ0) is 14.8. The van der Waals surface area contributed by atoms with E-state index in [0.29, 0.717) is 12.3 Å².